The van der Waals surface area contributed by atoms with E-state index in [0.717, 1.165) is 22.8 Å². The number of aromatic nitrogens is 2. The molecule has 0 saturated carbocycles. The predicted molar refractivity (Wildman–Crippen MR) is 74.7 cm³/mol. The number of aliphatic hydroxyl groups excluding tert-OH is 1. The Bertz CT molecular complexity index is 396. The van der Waals surface area contributed by atoms with Crippen molar-refractivity contribution in [3.63, 3.8) is 0 Å². The summed E-state index contributed by atoms with van der Waals surface area (Å²) >= 11 is 6.22. The molecule has 1 rings (SSSR count). The monoisotopic (exact) mass is 273 g/mol. The van der Waals surface area contributed by atoms with Crippen LogP contribution in [0.15, 0.2) is 0 Å². The van der Waals surface area contributed by atoms with E-state index in [0.29, 0.717) is 6.54 Å². The van der Waals surface area contributed by atoms with Gasteiger partial charge in [0.2, 0.25) is 0 Å². The lowest BCUT2D eigenvalue weighted by Gasteiger charge is -2.31. The molecular formula is C13H24ClN3O. The van der Waals surface area contributed by atoms with Crippen LogP contribution in [0.1, 0.15) is 38.6 Å². The van der Waals surface area contributed by atoms with Crippen molar-refractivity contribution in [2.75, 3.05) is 6.61 Å². The Labute approximate surface area is 114 Å². The minimum absolute atomic E-state index is 0.100. The molecule has 0 aliphatic carbocycles. The first-order chi connectivity index (χ1) is 8.27. The van der Waals surface area contributed by atoms with E-state index in [2.05, 4.69) is 31.2 Å². The average molecular weight is 274 g/mol. The summed E-state index contributed by atoms with van der Waals surface area (Å²) in [6.45, 7) is 9.25. The van der Waals surface area contributed by atoms with E-state index >= 15 is 0 Å². The number of nitrogens with one attached hydrogen (secondary N) is 1. The lowest BCUT2D eigenvalue weighted by atomic mass is 9.85. The van der Waals surface area contributed by atoms with Crippen LogP contribution in [0.2, 0.25) is 5.02 Å². The van der Waals surface area contributed by atoms with E-state index in [1.807, 2.05) is 18.7 Å². The SMILES string of the molecule is Cc1nn(C)c(CNC(CCO)C(C)(C)C)c1Cl. The number of rotatable bonds is 5. The molecule has 1 heterocycles. The smallest absolute Gasteiger partial charge is 0.0860 e. The third-order valence-electron chi connectivity index (χ3n) is 3.24. The highest BCUT2D eigenvalue weighted by atomic mass is 35.5. The van der Waals surface area contributed by atoms with Crippen LogP contribution in [0, 0.1) is 12.3 Å². The van der Waals surface area contributed by atoms with Crippen molar-refractivity contribution >= 4 is 11.6 Å². The van der Waals surface area contributed by atoms with E-state index in [1.165, 1.54) is 0 Å². The van der Waals surface area contributed by atoms with Gasteiger partial charge in [0.25, 0.3) is 0 Å². The topological polar surface area (TPSA) is 50.1 Å². The number of halogens is 1. The molecule has 0 aliphatic heterocycles. The van der Waals surface area contributed by atoms with Gasteiger partial charge in [0.15, 0.2) is 0 Å². The molecule has 1 unspecified atom stereocenters. The summed E-state index contributed by atoms with van der Waals surface area (Å²) in [5.74, 6) is 0. The highest BCUT2D eigenvalue weighted by Crippen LogP contribution is 2.24. The van der Waals surface area contributed by atoms with Gasteiger partial charge in [-0.3, -0.25) is 4.68 Å². The summed E-state index contributed by atoms with van der Waals surface area (Å²) in [4.78, 5) is 0. The van der Waals surface area contributed by atoms with Gasteiger partial charge in [-0.1, -0.05) is 32.4 Å². The zero-order valence-electron chi connectivity index (χ0n) is 11.9. The minimum atomic E-state index is 0.100. The van der Waals surface area contributed by atoms with E-state index in [-0.39, 0.29) is 18.1 Å². The standard InChI is InChI=1S/C13H24ClN3O/c1-9-12(14)10(17(5)16-9)8-15-11(6-7-18)13(2,3)4/h11,15,18H,6-8H2,1-5H3. The van der Waals surface area contributed by atoms with Gasteiger partial charge in [0, 0.05) is 26.2 Å². The molecule has 0 spiro atoms. The third kappa shape index (κ3) is 3.70. The number of aliphatic hydroxyl groups is 1. The number of nitrogens with zero attached hydrogens (tertiary/aromatic N) is 2. The zero-order valence-corrected chi connectivity index (χ0v) is 12.7. The van der Waals surface area contributed by atoms with Crippen LogP contribution < -0.4 is 5.32 Å². The van der Waals surface area contributed by atoms with Crippen LogP contribution in [0.5, 0.6) is 0 Å². The second-order valence-corrected chi connectivity index (χ2v) is 6.16. The molecule has 0 fully saturated rings. The van der Waals surface area contributed by atoms with Gasteiger partial charge in [-0.05, 0) is 18.8 Å². The molecule has 0 amide bonds. The van der Waals surface area contributed by atoms with Crippen LogP contribution in [-0.2, 0) is 13.6 Å². The van der Waals surface area contributed by atoms with Crippen molar-refractivity contribution in [1.29, 1.82) is 0 Å². The molecule has 1 aromatic rings. The van der Waals surface area contributed by atoms with Crippen molar-refractivity contribution in [2.45, 2.75) is 46.7 Å². The molecule has 18 heavy (non-hydrogen) atoms. The van der Waals surface area contributed by atoms with Crippen molar-refractivity contribution in [3.8, 4) is 0 Å². The summed E-state index contributed by atoms with van der Waals surface area (Å²) in [7, 11) is 1.90. The Balaban J connectivity index is 2.73. The first kappa shape index (κ1) is 15.5. The van der Waals surface area contributed by atoms with E-state index in [4.69, 9.17) is 16.7 Å². The second kappa shape index (κ2) is 6.04. The minimum Gasteiger partial charge on any atom is -0.396 e. The molecule has 104 valence electrons. The third-order valence-corrected chi connectivity index (χ3v) is 3.73. The van der Waals surface area contributed by atoms with Crippen molar-refractivity contribution in [1.82, 2.24) is 15.1 Å². The van der Waals surface area contributed by atoms with Gasteiger partial charge >= 0.3 is 0 Å². The van der Waals surface area contributed by atoms with Crippen LogP contribution in [0.3, 0.4) is 0 Å². The van der Waals surface area contributed by atoms with Gasteiger partial charge in [0.05, 0.1) is 16.4 Å². The van der Waals surface area contributed by atoms with Crippen LogP contribution in [0.4, 0.5) is 0 Å². The van der Waals surface area contributed by atoms with Crippen LogP contribution in [0.25, 0.3) is 0 Å². The van der Waals surface area contributed by atoms with Crippen molar-refractivity contribution in [3.05, 3.63) is 16.4 Å². The van der Waals surface area contributed by atoms with E-state index in [9.17, 15) is 0 Å². The van der Waals surface area contributed by atoms with Crippen molar-refractivity contribution < 1.29 is 5.11 Å². The summed E-state index contributed by atoms with van der Waals surface area (Å²) in [6.07, 6.45) is 0.734. The Morgan fingerprint density at radius 3 is 2.44 bits per heavy atom. The molecule has 0 bridgehead atoms. The van der Waals surface area contributed by atoms with Gasteiger partial charge in [-0.15, -0.1) is 0 Å². The summed E-state index contributed by atoms with van der Waals surface area (Å²) in [6, 6.07) is 0.244. The zero-order chi connectivity index (χ0) is 13.9. The lowest BCUT2D eigenvalue weighted by molar-refractivity contribution is 0.195. The maximum Gasteiger partial charge on any atom is 0.0860 e. The summed E-state index contributed by atoms with van der Waals surface area (Å²) < 4.78 is 1.81. The van der Waals surface area contributed by atoms with E-state index < -0.39 is 0 Å². The maximum absolute atomic E-state index is 9.13. The average Bonchev–Trinajstić information content (AvgIpc) is 2.48. The Hall–Kier alpha value is -0.580. The maximum atomic E-state index is 9.13. The predicted octanol–water partition coefficient (Wildman–Crippen LogP) is 2.27. The molecule has 0 saturated heterocycles. The van der Waals surface area contributed by atoms with Gasteiger partial charge in [-0.25, -0.2) is 0 Å². The fourth-order valence-corrected chi connectivity index (χ4v) is 2.29. The first-order valence-electron chi connectivity index (χ1n) is 6.29. The number of aryl methyl sites for hydroxylation is 2. The largest absolute Gasteiger partial charge is 0.396 e. The van der Waals surface area contributed by atoms with Crippen molar-refractivity contribution in [2.24, 2.45) is 12.5 Å². The molecule has 0 radical (unpaired) electrons. The van der Waals surface area contributed by atoms with Crippen LogP contribution >= 0.6 is 11.6 Å². The molecular weight excluding hydrogens is 250 g/mol. The summed E-state index contributed by atoms with van der Waals surface area (Å²) in [5, 5.41) is 17.6. The fraction of sp³-hybridized carbons (Fsp3) is 0.769. The Kier molecular flexibility index (Phi) is 5.20. The lowest BCUT2D eigenvalue weighted by Crippen LogP contribution is -2.40. The molecule has 1 aromatic heterocycles. The van der Waals surface area contributed by atoms with Gasteiger partial charge in [0.1, 0.15) is 0 Å². The Morgan fingerprint density at radius 1 is 1.44 bits per heavy atom. The normalized spacial score (nSPS) is 13.9. The molecule has 0 aliphatic rings. The first-order valence-corrected chi connectivity index (χ1v) is 6.67. The van der Waals surface area contributed by atoms with E-state index in [1.54, 1.807) is 0 Å². The van der Waals surface area contributed by atoms with Crippen LogP contribution in [-0.4, -0.2) is 27.5 Å². The van der Waals surface area contributed by atoms with Gasteiger partial charge in [-0.2, -0.15) is 5.10 Å². The van der Waals surface area contributed by atoms with Gasteiger partial charge < -0.3 is 10.4 Å². The highest BCUT2D eigenvalue weighted by Gasteiger charge is 2.24. The quantitative estimate of drug-likeness (QED) is 0.865. The molecule has 2 N–H and O–H groups in total. The fourth-order valence-electron chi connectivity index (χ4n) is 2.06. The number of hydrogen-bond donors (Lipinski definition) is 2. The number of hydrogen-bond acceptors (Lipinski definition) is 3. The Morgan fingerprint density at radius 2 is 2.06 bits per heavy atom. The molecule has 0 aromatic carbocycles. The molecule has 1 atom stereocenters. The second-order valence-electron chi connectivity index (χ2n) is 5.78. The molecule has 5 heteroatoms. The summed E-state index contributed by atoms with van der Waals surface area (Å²) in [5.41, 5.74) is 1.94. The highest BCUT2D eigenvalue weighted by molar-refractivity contribution is 6.31. The molecule has 4 nitrogen and oxygen atoms in total.